The standard InChI is InChI=1S/C17H21Br2NO2/c1-12-9-14(18)10-15(19)17(12)22-11-16(21)20-8-7-13-5-3-2-4-6-13/h5,9-10H,2-4,6-8,11H2,1H3,(H,20,21). The highest BCUT2D eigenvalue weighted by Gasteiger charge is 2.10. The lowest BCUT2D eigenvalue weighted by Crippen LogP contribution is -2.30. The highest BCUT2D eigenvalue weighted by atomic mass is 79.9. The predicted molar refractivity (Wildman–Crippen MR) is 96.3 cm³/mol. The molecule has 5 heteroatoms. The fraction of sp³-hybridized carbons (Fsp3) is 0.471. The molecular weight excluding hydrogens is 410 g/mol. The Morgan fingerprint density at radius 1 is 1.32 bits per heavy atom. The van der Waals surface area contributed by atoms with Crippen LogP contribution in [0.1, 0.15) is 37.7 Å². The van der Waals surface area contributed by atoms with Gasteiger partial charge in [-0.1, -0.05) is 27.6 Å². The van der Waals surface area contributed by atoms with Crippen molar-refractivity contribution in [3.05, 3.63) is 38.3 Å². The van der Waals surface area contributed by atoms with Crippen LogP contribution in [0.25, 0.3) is 0 Å². The first kappa shape index (κ1) is 17.5. The number of ether oxygens (including phenoxy) is 1. The first-order valence-electron chi connectivity index (χ1n) is 7.59. The number of benzene rings is 1. The summed E-state index contributed by atoms with van der Waals surface area (Å²) < 4.78 is 7.46. The zero-order valence-electron chi connectivity index (χ0n) is 12.8. The Morgan fingerprint density at radius 2 is 2.14 bits per heavy atom. The number of halogens is 2. The van der Waals surface area contributed by atoms with E-state index < -0.39 is 0 Å². The van der Waals surface area contributed by atoms with Gasteiger partial charge in [0.05, 0.1) is 4.47 Å². The largest absolute Gasteiger partial charge is 0.482 e. The Hall–Kier alpha value is -0.810. The molecule has 1 amide bonds. The van der Waals surface area contributed by atoms with E-state index in [1.165, 1.54) is 31.3 Å². The van der Waals surface area contributed by atoms with Crippen LogP contribution in [0.15, 0.2) is 32.7 Å². The molecule has 0 atom stereocenters. The van der Waals surface area contributed by atoms with Gasteiger partial charge >= 0.3 is 0 Å². The number of hydrogen-bond acceptors (Lipinski definition) is 2. The molecule has 1 aliphatic carbocycles. The van der Waals surface area contributed by atoms with Crippen molar-refractivity contribution in [2.75, 3.05) is 13.2 Å². The Morgan fingerprint density at radius 3 is 2.82 bits per heavy atom. The van der Waals surface area contributed by atoms with Gasteiger partial charge in [-0.2, -0.15) is 0 Å². The maximum absolute atomic E-state index is 11.9. The molecule has 1 aliphatic rings. The van der Waals surface area contributed by atoms with Crippen molar-refractivity contribution in [1.82, 2.24) is 5.32 Å². The van der Waals surface area contributed by atoms with Crippen molar-refractivity contribution >= 4 is 37.8 Å². The molecule has 0 aromatic heterocycles. The molecule has 0 heterocycles. The Kier molecular flexibility index (Phi) is 6.96. The molecule has 0 aliphatic heterocycles. The summed E-state index contributed by atoms with van der Waals surface area (Å²) in [7, 11) is 0. The van der Waals surface area contributed by atoms with E-state index in [2.05, 4.69) is 43.3 Å². The summed E-state index contributed by atoms with van der Waals surface area (Å²) >= 11 is 6.89. The van der Waals surface area contributed by atoms with Crippen molar-refractivity contribution in [3.63, 3.8) is 0 Å². The highest BCUT2D eigenvalue weighted by Crippen LogP contribution is 2.32. The lowest BCUT2D eigenvalue weighted by Gasteiger charge is -2.14. The predicted octanol–water partition coefficient (Wildman–Crippen LogP) is 4.91. The molecule has 1 aromatic carbocycles. The van der Waals surface area contributed by atoms with Crippen LogP contribution in [-0.4, -0.2) is 19.1 Å². The Balaban J connectivity index is 1.75. The number of hydrogen-bond donors (Lipinski definition) is 1. The average molecular weight is 431 g/mol. The monoisotopic (exact) mass is 429 g/mol. The number of carbonyl (C=O) groups excluding carboxylic acids is 1. The van der Waals surface area contributed by atoms with Crippen LogP contribution in [0.3, 0.4) is 0 Å². The van der Waals surface area contributed by atoms with E-state index in [1.807, 2.05) is 19.1 Å². The van der Waals surface area contributed by atoms with Crippen LogP contribution in [0.2, 0.25) is 0 Å². The molecule has 0 spiro atoms. The summed E-state index contributed by atoms with van der Waals surface area (Å²) in [6, 6.07) is 3.88. The summed E-state index contributed by atoms with van der Waals surface area (Å²) in [5, 5.41) is 2.92. The summed E-state index contributed by atoms with van der Waals surface area (Å²) in [5.41, 5.74) is 2.46. The zero-order chi connectivity index (χ0) is 15.9. The molecule has 1 aromatic rings. The number of amides is 1. The van der Waals surface area contributed by atoms with Crippen molar-refractivity contribution in [1.29, 1.82) is 0 Å². The molecule has 0 fully saturated rings. The van der Waals surface area contributed by atoms with E-state index in [0.29, 0.717) is 12.3 Å². The number of carbonyl (C=O) groups is 1. The fourth-order valence-corrected chi connectivity index (χ4v) is 4.11. The molecule has 120 valence electrons. The van der Waals surface area contributed by atoms with Gasteiger partial charge in [0.25, 0.3) is 5.91 Å². The lowest BCUT2D eigenvalue weighted by molar-refractivity contribution is -0.123. The topological polar surface area (TPSA) is 38.3 Å². The van der Waals surface area contributed by atoms with Crippen LogP contribution in [0, 0.1) is 6.92 Å². The molecule has 1 N–H and O–H groups in total. The van der Waals surface area contributed by atoms with E-state index >= 15 is 0 Å². The van der Waals surface area contributed by atoms with Gasteiger partial charge in [0.15, 0.2) is 6.61 Å². The molecular formula is C17H21Br2NO2. The summed E-state index contributed by atoms with van der Waals surface area (Å²) in [5.74, 6) is 0.638. The van der Waals surface area contributed by atoms with Crippen molar-refractivity contribution < 1.29 is 9.53 Å². The van der Waals surface area contributed by atoms with Crippen LogP contribution >= 0.6 is 31.9 Å². The smallest absolute Gasteiger partial charge is 0.257 e. The summed E-state index contributed by atoms with van der Waals surface area (Å²) in [6.45, 7) is 2.69. The molecule has 22 heavy (non-hydrogen) atoms. The van der Waals surface area contributed by atoms with E-state index in [4.69, 9.17) is 4.74 Å². The molecule has 0 saturated carbocycles. The first-order valence-corrected chi connectivity index (χ1v) is 9.18. The highest BCUT2D eigenvalue weighted by molar-refractivity contribution is 9.11. The van der Waals surface area contributed by atoms with Crippen molar-refractivity contribution in [2.24, 2.45) is 0 Å². The van der Waals surface area contributed by atoms with Gasteiger partial charge < -0.3 is 10.1 Å². The normalized spacial score (nSPS) is 14.4. The van der Waals surface area contributed by atoms with Crippen LogP contribution in [-0.2, 0) is 4.79 Å². The van der Waals surface area contributed by atoms with Crippen LogP contribution < -0.4 is 10.1 Å². The number of rotatable bonds is 6. The number of nitrogens with one attached hydrogen (secondary N) is 1. The minimum atomic E-state index is -0.0781. The van der Waals surface area contributed by atoms with Crippen LogP contribution in [0.5, 0.6) is 5.75 Å². The van der Waals surface area contributed by atoms with Crippen LogP contribution in [0.4, 0.5) is 0 Å². The third-order valence-electron chi connectivity index (χ3n) is 3.69. The minimum absolute atomic E-state index is 0.0418. The van der Waals surface area contributed by atoms with Crippen molar-refractivity contribution in [2.45, 2.75) is 39.0 Å². The SMILES string of the molecule is Cc1cc(Br)cc(Br)c1OCC(=O)NCCC1=CCCCC1. The fourth-order valence-electron chi connectivity index (χ4n) is 2.55. The van der Waals surface area contributed by atoms with Gasteiger partial charge in [0.2, 0.25) is 0 Å². The second-order valence-corrected chi connectivity index (χ2v) is 7.30. The maximum atomic E-state index is 11.9. The van der Waals surface area contributed by atoms with Crippen molar-refractivity contribution in [3.8, 4) is 5.75 Å². The third kappa shape index (κ3) is 5.43. The quantitative estimate of drug-likeness (QED) is 0.651. The molecule has 0 unspecified atom stereocenters. The molecule has 3 nitrogen and oxygen atoms in total. The first-order chi connectivity index (χ1) is 10.6. The van der Waals surface area contributed by atoms with Gasteiger partial charge in [-0.25, -0.2) is 0 Å². The summed E-state index contributed by atoms with van der Waals surface area (Å²) in [6.07, 6.45) is 8.20. The molecule has 2 rings (SSSR count). The number of aryl methyl sites for hydroxylation is 1. The van der Waals surface area contributed by atoms with Gasteiger partial charge in [-0.15, -0.1) is 0 Å². The Labute approximate surface area is 148 Å². The average Bonchev–Trinajstić information content (AvgIpc) is 2.47. The lowest BCUT2D eigenvalue weighted by atomic mass is 9.97. The zero-order valence-corrected chi connectivity index (χ0v) is 15.9. The minimum Gasteiger partial charge on any atom is -0.482 e. The molecule has 0 radical (unpaired) electrons. The summed E-state index contributed by atoms with van der Waals surface area (Å²) in [4.78, 5) is 11.9. The molecule has 0 bridgehead atoms. The number of allylic oxidation sites excluding steroid dienone is 1. The Bertz CT molecular complexity index is 547. The van der Waals surface area contributed by atoms with E-state index in [-0.39, 0.29) is 12.5 Å². The van der Waals surface area contributed by atoms with Gasteiger partial charge in [0, 0.05) is 11.0 Å². The van der Waals surface area contributed by atoms with Gasteiger partial charge in [0.1, 0.15) is 5.75 Å². The maximum Gasteiger partial charge on any atom is 0.257 e. The van der Waals surface area contributed by atoms with Gasteiger partial charge in [-0.05, 0) is 72.7 Å². The van der Waals surface area contributed by atoms with E-state index in [1.54, 1.807) is 0 Å². The van der Waals surface area contributed by atoms with E-state index in [9.17, 15) is 4.79 Å². The van der Waals surface area contributed by atoms with Gasteiger partial charge in [-0.3, -0.25) is 4.79 Å². The second kappa shape index (κ2) is 8.73. The second-order valence-electron chi connectivity index (χ2n) is 5.53. The molecule has 0 saturated heterocycles. The third-order valence-corrected chi connectivity index (χ3v) is 4.74. The van der Waals surface area contributed by atoms with E-state index in [0.717, 1.165) is 20.9 Å².